The minimum atomic E-state index is -0.0333. The van der Waals surface area contributed by atoms with Gasteiger partial charge in [-0.05, 0) is 47.9 Å². The summed E-state index contributed by atoms with van der Waals surface area (Å²) >= 11 is 0. The molecule has 154 valence electrons. The Hall–Kier alpha value is -2.62. The van der Waals surface area contributed by atoms with Gasteiger partial charge in [-0.25, -0.2) is 0 Å². The molecule has 0 saturated carbocycles. The number of nitrogens with zero attached hydrogens (tertiary/aromatic N) is 1. The molecule has 1 N–H and O–H groups in total. The second-order valence-electron chi connectivity index (χ2n) is 8.94. The first kappa shape index (κ1) is 21.1. The van der Waals surface area contributed by atoms with Crippen molar-refractivity contribution in [3.63, 3.8) is 0 Å². The van der Waals surface area contributed by atoms with E-state index in [1.165, 1.54) is 11.1 Å². The Morgan fingerprint density at radius 2 is 1.59 bits per heavy atom. The minimum Gasteiger partial charge on any atom is -0.349 e. The van der Waals surface area contributed by atoms with Crippen molar-refractivity contribution in [2.24, 2.45) is 0 Å². The van der Waals surface area contributed by atoms with Crippen LogP contribution in [0.25, 0.3) is 0 Å². The smallest absolute Gasteiger partial charge is 0.251 e. The van der Waals surface area contributed by atoms with Gasteiger partial charge >= 0.3 is 0 Å². The molecule has 2 aromatic rings. The van der Waals surface area contributed by atoms with E-state index in [0.29, 0.717) is 25.1 Å². The van der Waals surface area contributed by atoms with Crippen LogP contribution in [0.3, 0.4) is 0 Å². The molecule has 1 fully saturated rings. The molecule has 0 atom stereocenters. The first-order valence-electron chi connectivity index (χ1n) is 10.6. The van der Waals surface area contributed by atoms with Gasteiger partial charge in [0.15, 0.2) is 0 Å². The first-order chi connectivity index (χ1) is 13.8. The zero-order valence-corrected chi connectivity index (χ0v) is 17.8. The third-order valence-corrected chi connectivity index (χ3v) is 5.67. The van der Waals surface area contributed by atoms with Crippen LogP contribution < -0.4 is 5.32 Å². The molecular formula is C25H32N2O2. The van der Waals surface area contributed by atoms with Crippen LogP contribution in [0.5, 0.6) is 0 Å². The van der Waals surface area contributed by atoms with Gasteiger partial charge in [0.05, 0.1) is 0 Å². The first-order valence-corrected chi connectivity index (χ1v) is 10.6. The maximum atomic E-state index is 12.6. The number of hydrogen-bond donors (Lipinski definition) is 1. The summed E-state index contributed by atoms with van der Waals surface area (Å²) < 4.78 is 0. The van der Waals surface area contributed by atoms with Crippen molar-refractivity contribution in [3.8, 4) is 0 Å². The van der Waals surface area contributed by atoms with Crippen LogP contribution in [0.2, 0.25) is 0 Å². The quantitative estimate of drug-likeness (QED) is 0.823. The highest BCUT2D eigenvalue weighted by atomic mass is 16.2. The molecule has 29 heavy (non-hydrogen) atoms. The average molecular weight is 393 g/mol. The van der Waals surface area contributed by atoms with E-state index in [2.05, 4.69) is 50.4 Å². The third-order valence-electron chi connectivity index (χ3n) is 5.67. The van der Waals surface area contributed by atoms with Gasteiger partial charge < -0.3 is 10.2 Å². The lowest BCUT2D eigenvalue weighted by Gasteiger charge is -2.32. The zero-order valence-electron chi connectivity index (χ0n) is 17.8. The number of carbonyl (C=O) groups excluding carboxylic acids is 2. The van der Waals surface area contributed by atoms with Gasteiger partial charge in [-0.15, -0.1) is 0 Å². The van der Waals surface area contributed by atoms with E-state index in [1.54, 1.807) is 0 Å². The molecule has 1 heterocycles. The van der Waals surface area contributed by atoms with Gasteiger partial charge in [0.2, 0.25) is 5.91 Å². The maximum absolute atomic E-state index is 12.6. The molecule has 4 nitrogen and oxygen atoms in total. The second-order valence-corrected chi connectivity index (χ2v) is 8.94. The van der Waals surface area contributed by atoms with Crippen molar-refractivity contribution in [2.45, 2.75) is 57.9 Å². The predicted molar refractivity (Wildman–Crippen MR) is 117 cm³/mol. The fraction of sp³-hybridized carbons (Fsp3) is 0.440. The maximum Gasteiger partial charge on any atom is 0.251 e. The summed E-state index contributed by atoms with van der Waals surface area (Å²) in [6.45, 7) is 8.04. The average Bonchev–Trinajstić information content (AvgIpc) is 2.73. The lowest BCUT2D eigenvalue weighted by atomic mass is 9.86. The molecule has 1 saturated heterocycles. The van der Waals surface area contributed by atoms with Crippen LogP contribution in [0.4, 0.5) is 0 Å². The summed E-state index contributed by atoms with van der Waals surface area (Å²) in [5, 5.41) is 3.09. The van der Waals surface area contributed by atoms with Gasteiger partial charge in [0, 0.05) is 31.1 Å². The van der Waals surface area contributed by atoms with Gasteiger partial charge in [-0.3, -0.25) is 9.59 Å². The minimum absolute atomic E-state index is 0.0333. The van der Waals surface area contributed by atoms with E-state index < -0.39 is 0 Å². The molecule has 2 aromatic carbocycles. The number of rotatable bonds is 5. The van der Waals surface area contributed by atoms with E-state index in [-0.39, 0.29) is 23.3 Å². The lowest BCUT2D eigenvalue weighted by Crippen LogP contribution is -2.46. The molecule has 0 aromatic heterocycles. The topological polar surface area (TPSA) is 49.4 Å². The SMILES string of the molecule is CC(C)(C)c1ccc(CCC(=O)N2CCC(NC(=O)c3ccccc3)CC2)cc1. The van der Waals surface area contributed by atoms with Gasteiger partial charge in [0.1, 0.15) is 0 Å². The van der Waals surface area contributed by atoms with E-state index >= 15 is 0 Å². The van der Waals surface area contributed by atoms with E-state index in [1.807, 2.05) is 35.2 Å². The number of aryl methyl sites for hydroxylation is 1. The number of carbonyl (C=O) groups is 2. The Morgan fingerprint density at radius 1 is 0.966 bits per heavy atom. The molecule has 0 unspecified atom stereocenters. The van der Waals surface area contributed by atoms with E-state index in [0.717, 1.165) is 19.3 Å². The normalized spacial score (nSPS) is 15.2. The molecule has 2 amide bonds. The Balaban J connectivity index is 1.42. The molecule has 3 rings (SSSR count). The monoisotopic (exact) mass is 392 g/mol. The van der Waals surface area contributed by atoms with Crippen molar-refractivity contribution in [1.82, 2.24) is 10.2 Å². The van der Waals surface area contributed by atoms with Crippen LogP contribution in [0, 0.1) is 0 Å². The summed E-state index contributed by atoms with van der Waals surface area (Å²) in [6, 6.07) is 18.0. The molecular weight excluding hydrogens is 360 g/mol. The molecule has 0 spiro atoms. The van der Waals surface area contributed by atoms with Crippen LogP contribution in [0.1, 0.15) is 61.5 Å². The van der Waals surface area contributed by atoms with Crippen molar-refractivity contribution in [2.75, 3.05) is 13.1 Å². The number of nitrogens with one attached hydrogen (secondary N) is 1. The summed E-state index contributed by atoms with van der Waals surface area (Å²) in [7, 11) is 0. The highest BCUT2D eigenvalue weighted by Crippen LogP contribution is 2.22. The van der Waals surface area contributed by atoms with Crippen molar-refractivity contribution in [1.29, 1.82) is 0 Å². The number of amides is 2. The number of benzene rings is 2. The van der Waals surface area contributed by atoms with Crippen LogP contribution >= 0.6 is 0 Å². The number of piperidine rings is 1. The van der Waals surface area contributed by atoms with Crippen molar-refractivity contribution in [3.05, 3.63) is 71.3 Å². The van der Waals surface area contributed by atoms with E-state index in [4.69, 9.17) is 0 Å². The summed E-state index contributed by atoms with van der Waals surface area (Å²) in [5.41, 5.74) is 3.35. The van der Waals surface area contributed by atoms with Gasteiger partial charge in [0.25, 0.3) is 5.91 Å². The summed E-state index contributed by atoms with van der Waals surface area (Å²) in [4.78, 5) is 26.8. The van der Waals surface area contributed by atoms with Crippen molar-refractivity contribution >= 4 is 11.8 Å². The second kappa shape index (κ2) is 9.25. The standard InChI is InChI=1S/C25H32N2O2/c1-25(2,3)21-12-9-19(10-13-21)11-14-23(28)27-17-15-22(16-18-27)26-24(29)20-7-5-4-6-8-20/h4-10,12-13,22H,11,14-18H2,1-3H3,(H,26,29). The Bertz CT molecular complexity index is 814. The molecule has 0 radical (unpaired) electrons. The highest BCUT2D eigenvalue weighted by molar-refractivity contribution is 5.94. The van der Waals surface area contributed by atoms with Gasteiger partial charge in [-0.2, -0.15) is 0 Å². The highest BCUT2D eigenvalue weighted by Gasteiger charge is 2.24. The van der Waals surface area contributed by atoms with Crippen LogP contribution in [-0.4, -0.2) is 35.8 Å². The Morgan fingerprint density at radius 3 is 2.17 bits per heavy atom. The van der Waals surface area contributed by atoms with Crippen LogP contribution in [-0.2, 0) is 16.6 Å². The molecule has 0 bridgehead atoms. The van der Waals surface area contributed by atoms with Crippen LogP contribution in [0.15, 0.2) is 54.6 Å². The van der Waals surface area contributed by atoms with E-state index in [9.17, 15) is 9.59 Å². The summed E-state index contributed by atoms with van der Waals surface area (Å²) in [6.07, 6.45) is 2.93. The van der Waals surface area contributed by atoms with Crippen molar-refractivity contribution < 1.29 is 9.59 Å². The molecule has 4 heteroatoms. The fourth-order valence-corrected chi connectivity index (χ4v) is 3.71. The number of hydrogen-bond acceptors (Lipinski definition) is 2. The zero-order chi connectivity index (χ0) is 20.9. The summed E-state index contributed by atoms with van der Waals surface area (Å²) in [5.74, 6) is 0.173. The molecule has 1 aliphatic heterocycles. The van der Waals surface area contributed by atoms with Gasteiger partial charge in [-0.1, -0.05) is 63.2 Å². The Kier molecular flexibility index (Phi) is 6.73. The number of likely N-dealkylation sites (tertiary alicyclic amines) is 1. The largest absolute Gasteiger partial charge is 0.349 e. The Labute approximate surface area is 174 Å². The third kappa shape index (κ3) is 5.93. The fourth-order valence-electron chi connectivity index (χ4n) is 3.71. The lowest BCUT2D eigenvalue weighted by molar-refractivity contribution is -0.132. The molecule has 0 aliphatic carbocycles. The molecule has 1 aliphatic rings. The predicted octanol–water partition coefficient (Wildman–Crippen LogP) is 4.34.